The van der Waals surface area contributed by atoms with E-state index in [1.807, 2.05) is 18.4 Å². The van der Waals surface area contributed by atoms with Crippen LogP contribution in [0.3, 0.4) is 0 Å². The highest BCUT2D eigenvalue weighted by molar-refractivity contribution is 5.96. The van der Waals surface area contributed by atoms with Gasteiger partial charge >= 0.3 is 0 Å². The Morgan fingerprint density at radius 3 is 2.44 bits per heavy atom. The summed E-state index contributed by atoms with van der Waals surface area (Å²) < 4.78 is 0. The van der Waals surface area contributed by atoms with Crippen LogP contribution in [0.1, 0.15) is 45.2 Å². The maximum absolute atomic E-state index is 11.6. The molecule has 0 aliphatic carbocycles. The molecule has 2 rings (SSSR count). The van der Waals surface area contributed by atoms with Crippen LogP contribution < -0.4 is 0 Å². The predicted octanol–water partition coefficient (Wildman–Crippen LogP) is 5.94. The fourth-order valence-corrected chi connectivity index (χ4v) is 3.13. The van der Waals surface area contributed by atoms with Crippen molar-refractivity contribution < 1.29 is 4.79 Å². The summed E-state index contributed by atoms with van der Waals surface area (Å²) in [7, 11) is 0. The molecule has 0 unspecified atom stereocenters. The van der Waals surface area contributed by atoms with Crippen molar-refractivity contribution in [3.05, 3.63) is 88.4 Å². The largest absolute Gasteiger partial charge is 0.321 e. The lowest BCUT2D eigenvalue weighted by Gasteiger charge is -2.27. The van der Waals surface area contributed by atoms with E-state index in [2.05, 4.69) is 69.5 Å². The number of carbonyl (C=O) groups is 1. The molecule has 0 radical (unpaired) electrons. The molecule has 130 valence electrons. The van der Waals surface area contributed by atoms with E-state index in [-0.39, 0.29) is 5.78 Å². The molecule has 0 amide bonds. The molecule has 1 aliphatic rings. The summed E-state index contributed by atoms with van der Waals surface area (Å²) >= 11 is 0. The van der Waals surface area contributed by atoms with Crippen molar-refractivity contribution in [1.82, 2.24) is 4.90 Å². The van der Waals surface area contributed by atoms with Gasteiger partial charge in [-0.25, -0.2) is 0 Å². The van der Waals surface area contributed by atoms with Crippen LogP contribution in [0.4, 0.5) is 0 Å². The zero-order chi connectivity index (χ0) is 18.6. The fraction of sp³-hybridized carbons (Fsp3) is 0.261. The minimum Gasteiger partial charge on any atom is -0.321 e. The maximum Gasteiger partial charge on any atom is 0.159 e. The summed E-state index contributed by atoms with van der Waals surface area (Å²) in [5.41, 5.74) is 7.70. The summed E-state index contributed by atoms with van der Waals surface area (Å²) in [5, 5.41) is 0. The molecular formula is C23H27NO. The second-order valence-electron chi connectivity index (χ2n) is 6.43. The zero-order valence-electron chi connectivity index (χ0n) is 15.9. The summed E-state index contributed by atoms with van der Waals surface area (Å²) in [4.78, 5) is 13.6. The first-order valence-corrected chi connectivity index (χ1v) is 8.68. The Labute approximate surface area is 151 Å². The van der Waals surface area contributed by atoms with Gasteiger partial charge in [0.25, 0.3) is 0 Å². The molecule has 0 bridgehead atoms. The Morgan fingerprint density at radius 2 is 1.88 bits per heavy atom. The molecule has 0 spiro atoms. The number of Topliss-reactive ketones (excluding diaryl/α,β-unsaturated/α-hetero) is 1. The predicted molar refractivity (Wildman–Crippen MR) is 107 cm³/mol. The Hall–Kier alpha value is -2.61. The Kier molecular flexibility index (Phi) is 5.97. The van der Waals surface area contributed by atoms with Gasteiger partial charge in [-0.05, 0) is 68.5 Å². The van der Waals surface area contributed by atoms with E-state index in [1.54, 1.807) is 6.92 Å². The smallest absolute Gasteiger partial charge is 0.159 e. The van der Waals surface area contributed by atoms with E-state index in [4.69, 9.17) is 0 Å². The molecule has 1 heterocycles. The first kappa shape index (κ1) is 18.7. The molecule has 1 aromatic carbocycles. The van der Waals surface area contributed by atoms with Crippen LogP contribution in [-0.4, -0.2) is 10.7 Å². The zero-order valence-corrected chi connectivity index (χ0v) is 15.9. The number of allylic oxidation sites excluding steroid dienone is 6. The molecule has 1 aliphatic heterocycles. The molecule has 0 saturated carbocycles. The molecule has 0 aromatic heterocycles. The van der Waals surface area contributed by atoms with Gasteiger partial charge in [0.15, 0.2) is 5.78 Å². The number of carbonyl (C=O) groups excluding carboxylic acids is 1. The van der Waals surface area contributed by atoms with Gasteiger partial charge in [-0.2, -0.15) is 0 Å². The van der Waals surface area contributed by atoms with Crippen molar-refractivity contribution in [2.24, 2.45) is 0 Å². The summed E-state index contributed by atoms with van der Waals surface area (Å²) in [5.74, 6) is 0.0602. The highest BCUT2D eigenvalue weighted by atomic mass is 16.1. The normalized spacial score (nSPS) is 15.9. The Balaban J connectivity index is 2.38. The van der Waals surface area contributed by atoms with Gasteiger partial charge in [-0.1, -0.05) is 43.8 Å². The molecule has 0 atom stereocenters. The molecule has 1 aromatic rings. The van der Waals surface area contributed by atoms with E-state index in [0.717, 1.165) is 17.8 Å². The third kappa shape index (κ3) is 4.27. The van der Waals surface area contributed by atoms with E-state index < -0.39 is 0 Å². The van der Waals surface area contributed by atoms with Crippen LogP contribution in [0.2, 0.25) is 0 Å². The van der Waals surface area contributed by atoms with Gasteiger partial charge in [0.1, 0.15) is 0 Å². The SMILES string of the molecule is C=C1C=C(C(C)=O)C=CN1/C(C)=C(CC)/C(C)=C/c1ccccc1C. The van der Waals surface area contributed by atoms with Gasteiger partial charge in [0.2, 0.25) is 0 Å². The number of ketones is 1. The number of aryl methyl sites for hydroxylation is 1. The standard InChI is InChI=1S/C23H27NO/c1-7-23(17(3)14-21-11-9-8-10-16(21)2)19(5)24-13-12-22(20(6)25)15-18(24)4/h8-15H,4,7H2,1-3,5-6H3/b17-14+,23-19+. The van der Waals surface area contributed by atoms with Crippen molar-refractivity contribution >= 4 is 11.9 Å². The fourth-order valence-electron chi connectivity index (χ4n) is 3.13. The summed E-state index contributed by atoms with van der Waals surface area (Å²) in [6, 6.07) is 8.40. The number of nitrogens with zero attached hydrogens (tertiary/aromatic N) is 1. The second-order valence-corrected chi connectivity index (χ2v) is 6.43. The van der Waals surface area contributed by atoms with Crippen molar-refractivity contribution in [3.8, 4) is 0 Å². The van der Waals surface area contributed by atoms with Gasteiger partial charge in [0, 0.05) is 23.2 Å². The van der Waals surface area contributed by atoms with E-state index in [9.17, 15) is 4.79 Å². The molecule has 0 N–H and O–H groups in total. The number of hydrogen-bond donors (Lipinski definition) is 0. The minimum atomic E-state index is 0.0602. The van der Waals surface area contributed by atoms with Crippen LogP contribution in [0.25, 0.3) is 6.08 Å². The van der Waals surface area contributed by atoms with Gasteiger partial charge in [-0.15, -0.1) is 0 Å². The first-order chi connectivity index (χ1) is 11.8. The molecular weight excluding hydrogens is 306 g/mol. The van der Waals surface area contributed by atoms with Crippen LogP contribution in [0.5, 0.6) is 0 Å². The van der Waals surface area contributed by atoms with Crippen LogP contribution in [0, 0.1) is 6.92 Å². The molecule has 2 nitrogen and oxygen atoms in total. The van der Waals surface area contributed by atoms with Crippen LogP contribution in [0.15, 0.2) is 77.3 Å². The summed E-state index contributed by atoms with van der Waals surface area (Å²) in [6.07, 6.45) is 8.81. The molecule has 0 saturated heterocycles. The van der Waals surface area contributed by atoms with Crippen LogP contribution in [-0.2, 0) is 4.79 Å². The molecule has 2 heteroatoms. The highest BCUT2D eigenvalue weighted by Crippen LogP contribution is 2.28. The van der Waals surface area contributed by atoms with Gasteiger partial charge < -0.3 is 4.90 Å². The third-order valence-corrected chi connectivity index (χ3v) is 4.63. The van der Waals surface area contributed by atoms with Crippen LogP contribution >= 0.6 is 0 Å². The second kappa shape index (κ2) is 7.98. The Bertz CT molecular complexity index is 818. The lowest BCUT2D eigenvalue weighted by atomic mass is 9.97. The minimum absolute atomic E-state index is 0.0602. The number of benzene rings is 1. The maximum atomic E-state index is 11.6. The topological polar surface area (TPSA) is 20.3 Å². The number of hydrogen-bond acceptors (Lipinski definition) is 2. The Morgan fingerprint density at radius 1 is 1.20 bits per heavy atom. The van der Waals surface area contributed by atoms with Crippen molar-refractivity contribution in [1.29, 1.82) is 0 Å². The van der Waals surface area contributed by atoms with Crippen molar-refractivity contribution in [2.45, 2.75) is 41.0 Å². The third-order valence-electron chi connectivity index (χ3n) is 4.63. The molecule has 0 fully saturated rings. The molecule has 25 heavy (non-hydrogen) atoms. The van der Waals surface area contributed by atoms with Gasteiger partial charge in [-0.3, -0.25) is 4.79 Å². The van der Waals surface area contributed by atoms with E-state index in [1.165, 1.54) is 22.3 Å². The van der Waals surface area contributed by atoms with E-state index in [0.29, 0.717) is 5.57 Å². The lowest BCUT2D eigenvalue weighted by Crippen LogP contribution is -2.18. The van der Waals surface area contributed by atoms with Crippen molar-refractivity contribution in [2.75, 3.05) is 0 Å². The number of rotatable bonds is 5. The monoisotopic (exact) mass is 333 g/mol. The van der Waals surface area contributed by atoms with Crippen molar-refractivity contribution in [3.63, 3.8) is 0 Å². The summed E-state index contributed by atoms with van der Waals surface area (Å²) in [6.45, 7) is 14.3. The average molecular weight is 333 g/mol. The first-order valence-electron chi connectivity index (χ1n) is 8.68. The quantitative estimate of drug-likeness (QED) is 0.621. The van der Waals surface area contributed by atoms with E-state index >= 15 is 0 Å². The average Bonchev–Trinajstić information content (AvgIpc) is 2.57. The lowest BCUT2D eigenvalue weighted by molar-refractivity contribution is -0.113. The van der Waals surface area contributed by atoms with Gasteiger partial charge in [0.05, 0.1) is 0 Å². The highest BCUT2D eigenvalue weighted by Gasteiger charge is 2.16.